The summed E-state index contributed by atoms with van der Waals surface area (Å²) in [7, 11) is 0. The van der Waals surface area contributed by atoms with Gasteiger partial charge < -0.3 is 15.4 Å². The zero-order chi connectivity index (χ0) is 19.3. The van der Waals surface area contributed by atoms with E-state index in [1.54, 1.807) is 0 Å². The van der Waals surface area contributed by atoms with Gasteiger partial charge in [0.15, 0.2) is 11.5 Å². The van der Waals surface area contributed by atoms with Gasteiger partial charge in [-0.15, -0.1) is 10.2 Å². The molecule has 0 saturated carbocycles. The van der Waals surface area contributed by atoms with E-state index in [2.05, 4.69) is 20.8 Å². The van der Waals surface area contributed by atoms with Crippen LogP contribution in [0.1, 0.15) is 30.7 Å². The topological polar surface area (TPSA) is 97.6 Å². The van der Waals surface area contributed by atoms with Gasteiger partial charge in [-0.3, -0.25) is 14.0 Å². The van der Waals surface area contributed by atoms with E-state index in [4.69, 9.17) is 4.74 Å². The molecule has 2 amide bonds. The van der Waals surface area contributed by atoms with Gasteiger partial charge in [0.2, 0.25) is 11.8 Å². The van der Waals surface area contributed by atoms with E-state index in [0.29, 0.717) is 38.2 Å². The number of aromatic nitrogens is 3. The van der Waals surface area contributed by atoms with Crippen molar-refractivity contribution in [3.8, 4) is 5.75 Å². The van der Waals surface area contributed by atoms with E-state index in [1.807, 2.05) is 47.0 Å². The lowest BCUT2D eigenvalue weighted by Crippen LogP contribution is -2.24. The van der Waals surface area contributed by atoms with Gasteiger partial charge in [0.05, 0.1) is 13.2 Å². The number of carbonyl (C=O) groups excluding carboxylic acids is 2. The Hall–Kier alpha value is -3.42. The number of fused-ring (bicyclic) bond motifs is 2. The molecule has 2 aromatic heterocycles. The van der Waals surface area contributed by atoms with Crippen LogP contribution < -0.4 is 15.4 Å². The molecule has 2 N–H and O–H groups in total. The summed E-state index contributed by atoms with van der Waals surface area (Å²) in [5.74, 6) is 1.45. The Kier molecular flexibility index (Phi) is 5.18. The SMILES string of the molecule is O=C(CCCOc1ccc2c(c1)CCC(=O)N2)NCc1nnc2ccccn12. The number of hydrogen-bond acceptors (Lipinski definition) is 5. The smallest absolute Gasteiger partial charge is 0.224 e. The van der Waals surface area contributed by atoms with E-state index in [-0.39, 0.29) is 11.8 Å². The minimum absolute atomic E-state index is 0.0475. The first kappa shape index (κ1) is 18.0. The fourth-order valence-corrected chi connectivity index (χ4v) is 3.15. The number of anilines is 1. The van der Waals surface area contributed by atoms with Crippen molar-refractivity contribution in [1.29, 1.82) is 0 Å². The number of nitrogens with one attached hydrogen (secondary N) is 2. The van der Waals surface area contributed by atoms with Crippen LogP contribution in [-0.2, 0) is 22.6 Å². The third-order valence-corrected chi connectivity index (χ3v) is 4.62. The Labute approximate surface area is 161 Å². The molecule has 1 aromatic carbocycles. The number of ether oxygens (including phenoxy) is 1. The van der Waals surface area contributed by atoms with Gasteiger partial charge in [-0.1, -0.05) is 6.07 Å². The van der Waals surface area contributed by atoms with Crippen LogP contribution in [-0.4, -0.2) is 33.0 Å². The van der Waals surface area contributed by atoms with Crippen molar-refractivity contribution in [3.63, 3.8) is 0 Å². The molecule has 0 spiro atoms. The first-order valence-electron chi connectivity index (χ1n) is 9.30. The number of carbonyl (C=O) groups is 2. The molecular formula is C20H21N5O3. The number of aryl methyl sites for hydroxylation is 1. The largest absolute Gasteiger partial charge is 0.494 e. The number of nitrogens with zero attached hydrogens (tertiary/aromatic N) is 3. The maximum Gasteiger partial charge on any atom is 0.224 e. The van der Waals surface area contributed by atoms with Crippen LogP contribution in [0.3, 0.4) is 0 Å². The number of amides is 2. The van der Waals surface area contributed by atoms with Gasteiger partial charge in [0.1, 0.15) is 5.75 Å². The highest BCUT2D eigenvalue weighted by molar-refractivity contribution is 5.94. The molecule has 1 aliphatic heterocycles. The zero-order valence-electron chi connectivity index (χ0n) is 15.4. The normalized spacial score (nSPS) is 13.1. The lowest BCUT2D eigenvalue weighted by molar-refractivity contribution is -0.121. The zero-order valence-corrected chi connectivity index (χ0v) is 15.4. The molecule has 3 heterocycles. The minimum atomic E-state index is -0.0514. The lowest BCUT2D eigenvalue weighted by atomic mass is 10.0. The molecule has 0 unspecified atom stereocenters. The van der Waals surface area contributed by atoms with Crippen LogP contribution in [0.5, 0.6) is 5.75 Å². The van der Waals surface area contributed by atoms with Crippen molar-refractivity contribution in [2.45, 2.75) is 32.2 Å². The molecule has 1 aliphatic rings. The van der Waals surface area contributed by atoms with Gasteiger partial charge in [0.25, 0.3) is 0 Å². The van der Waals surface area contributed by atoms with E-state index >= 15 is 0 Å². The van der Waals surface area contributed by atoms with Crippen LogP contribution in [0.15, 0.2) is 42.6 Å². The van der Waals surface area contributed by atoms with Crippen molar-refractivity contribution >= 4 is 23.1 Å². The summed E-state index contributed by atoms with van der Waals surface area (Å²) in [5, 5.41) is 13.9. The third kappa shape index (κ3) is 4.11. The van der Waals surface area contributed by atoms with Crippen LogP contribution in [0.25, 0.3) is 5.65 Å². The van der Waals surface area contributed by atoms with Crippen molar-refractivity contribution in [2.24, 2.45) is 0 Å². The maximum atomic E-state index is 12.0. The Morgan fingerprint density at radius 2 is 2.14 bits per heavy atom. The molecule has 4 rings (SSSR count). The van der Waals surface area contributed by atoms with Crippen LogP contribution >= 0.6 is 0 Å². The molecular weight excluding hydrogens is 358 g/mol. The Balaban J connectivity index is 1.20. The second kappa shape index (κ2) is 8.08. The summed E-state index contributed by atoms with van der Waals surface area (Å²) in [5.41, 5.74) is 2.68. The van der Waals surface area contributed by atoms with Gasteiger partial charge in [-0.05, 0) is 48.7 Å². The highest BCUT2D eigenvalue weighted by atomic mass is 16.5. The molecule has 0 aliphatic carbocycles. The van der Waals surface area contributed by atoms with E-state index < -0.39 is 0 Å². The van der Waals surface area contributed by atoms with Crippen LogP contribution in [0.2, 0.25) is 0 Å². The fraction of sp³-hybridized carbons (Fsp3) is 0.300. The van der Waals surface area contributed by atoms with Gasteiger partial charge >= 0.3 is 0 Å². The molecule has 8 heteroatoms. The average molecular weight is 379 g/mol. The first-order chi connectivity index (χ1) is 13.7. The molecule has 8 nitrogen and oxygen atoms in total. The van der Waals surface area contributed by atoms with E-state index in [0.717, 1.165) is 29.1 Å². The molecule has 144 valence electrons. The number of hydrogen-bond donors (Lipinski definition) is 2. The number of pyridine rings is 1. The summed E-state index contributed by atoms with van der Waals surface area (Å²) in [6.07, 6.45) is 4.07. The summed E-state index contributed by atoms with van der Waals surface area (Å²) in [4.78, 5) is 23.4. The predicted molar refractivity (Wildman–Crippen MR) is 103 cm³/mol. The summed E-state index contributed by atoms with van der Waals surface area (Å²) in [6.45, 7) is 0.786. The highest BCUT2D eigenvalue weighted by Crippen LogP contribution is 2.26. The Morgan fingerprint density at radius 3 is 3.07 bits per heavy atom. The van der Waals surface area contributed by atoms with Crippen molar-refractivity contribution in [3.05, 3.63) is 54.0 Å². The van der Waals surface area contributed by atoms with Gasteiger partial charge in [-0.25, -0.2) is 0 Å². The molecule has 0 fully saturated rings. The van der Waals surface area contributed by atoms with Crippen LogP contribution in [0.4, 0.5) is 5.69 Å². The third-order valence-electron chi connectivity index (χ3n) is 4.62. The number of rotatable bonds is 7. The Bertz CT molecular complexity index is 1010. The van der Waals surface area contributed by atoms with Gasteiger partial charge in [0, 0.05) is 24.7 Å². The first-order valence-corrected chi connectivity index (χ1v) is 9.30. The second-order valence-electron chi connectivity index (χ2n) is 6.64. The molecule has 28 heavy (non-hydrogen) atoms. The fourth-order valence-electron chi connectivity index (χ4n) is 3.15. The monoisotopic (exact) mass is 379 g/mol. The summed E-state index contributed by atoms with van der Waals surface area (Å²) >= 11 is 0. The second-order valence-corrected chi connectivity index (χ2v) is 6.64. The van der Waals surface area contributed by atoms with Gasteiger partial charge in [-0.2, -0.15) is 0 Å². The molecule has 0 saturated heterocycles. The predicted octanol–water partition coefficient (Wildman–Crippen LogP) is 2.09. The summed E-state index contributed by atoms with van der Waals surface area (Å²) in [6, 6.07) is 11.3. The standard InChI is InChI=1S/C20H21N5O3/c26-19(21-13-18-24-23-17-4-1-2-10-25(17)18)5-3-11-28-15-7-8-16-14(12-15)6-9-20(27)22-16/h1-2,4,7-8,10,12H,3,5-6,9,11,13H2,(H,21,26)(H,22,27). The molecule has 0 bridgehead atoms. The van der Waals surface area contributed by atoms with Crippen LogP contribution in [0, 0.1) is 0 Å². The van der Waals surface area contributed by atoms with E-state index in [1.165, 1.54) is 0 Å². The summed E-state index contributed by atoms with van der Waals surface area (Å²) < 4.78 is 7.59. The number of benzene rings is 1. The van der Waals surface area contributed by atoms with E-state index in [9.17, 15) is 9.59 Å². The molecule has 0 radical (unpaired) electrons. The quantitative estimate of drug-likeness (QED) is 0.613. The van der Waals surface area contributed by atoms with Crippen molar-refractivity contribution < 1.29 is 14.3 Å². The minimum Gasteiger partial charge on any atom is -0.494 e. The molecule has 0 atom stereocenters. The molecule has 3 aromatic rings. The lowest BCUT2D eigenvalue weighted by Gasteiger charge is -2.17. The Morgan fingerprint density at radius 1 is 1.21 bits per heavy atom. The average Bonchev–Trinajstić information content (AvgIpc) is 3.13. The van der Waals surface area contributed by atoms with Crippen molar-refractivity contribution in [1.82, 2.24) is 19.9 Å². The van der Waals surface area contributed by atoms with Crippen molar-refractivity contribution in [2.75, 3.05) is 11.9 Å². The maximum absolute atomic E-state index is 12.0. The highest BCUT2D eigenvalue weighted by Gasteiger charge is 2.15.